The lowest BCUT2D eigenvalue weighted by molar-refractivity contribution is -0.113. The Morgan fingerprint density at radius 1 is 0.957 bits per heavy atom. The van der Waals surface area contributed by atoms with Crippen molar-refractivity contribution in [3.8, 4) is 0 Å². The molecule has 0 fully saturated rings. The molecule has 0 bridgehead atoms. The van der Waals surface area contributed by atoms with Gasteiger partial charge < -0.3 is 5.32 Å². The van der Waals surface area contributed by atoms with E-state index in [1.807, 2.05) is 30.3 Å². The number of anilines is 1. The van der Waals surface area contributed by atoms with Crippen LogP contribution >= 0.6 is 11.8 Å². The van der Waals surface area contributed by atoms with Crippen molar-refractivity contribution in [3.63, 3.8) is 0 Å². The third kappa shape index (κ3) is 4.14. The van der Waals surface area contributed by atoms with Gasteiger partial charge in [0.2, 0.25) is 5.91 Å². The Morgan fingerprint density at radius 2 is 1.70 bits per heavy atom. The van der Waals surface area contributed by atoms with Gasteiger partial charge in [-0.05, 0) is 23.9 Å². The van der Waals surface area contributed by atoms with Gasteiger partial charge in [0.25, 0.3) is 0 Å². The number of hydrogen-bond acceptors (Lipinski definition) is 2. The SMILES string of the molecule is Cc1ccc(CSCC(=O)Nc2cccc3ccccc23)cc1. The van der Waals surface area contributed by atoms with Crippen molar-refractivity contribution in [1.29, 1.82) is 0 Å². The molecule has 23 heavy (non-hydrogen) atoms. The van der Waals surface area contributed by atoms with Crippen molar-refractivity contribution in [3.05, 3.63) is 77.9 Å². The van der Waals surface area contributed by atoms with Crippen LogP contribution in [0.2, 0.25) is 0 Å². The molecule has 0 radical (unpaired) electrons. The van der Waals surface area contributed by atoms with E-state index in [1.165, 1.54) is 11.1 Å². The van der Waals surface area contributed by atoms with Crippen LogP contribution in [-0.4, -0.2) is 11.7 Å². The molecule has 3 aromatic rings. The van der Waals surface area contributed by atoms with E-state index in [0.29, 0.717) is 5.75 Å². The first-order chi connectivity index (χ1) is 11.2. The zero-order valence-electron chi connectivity index (χ0n) is 13.1. The third-order valence-corrected chi connectivity index (χ3v) is 4.69. The summed E-state index contributed by atoms with van der Waals surface area (Å²) < 4.78 is 0. The summed E-state index contributed by atoms with van der Waals surface area (Å²) in [7, 11) is 0. The number of hydrogen-bond donors (Lipinski definition) is 1. The number of aryl methyl sites for hydroxylation is 1. The average molecular weight is 321 g/mol. The van der Waals surface area contributed by atoms with Crippen LogP contribution in [0.1, 0.15) is 11.1 Å². The van der Waals surface area contributed by atoms with E-state index in [0.717, 1.165) is 22.2 Å². The lowest BCUT2D eigenvalue weighted by atomic mass is 10.1. The van der Waals surface area contributed by atoms with Gasteiger partial charge in [-0.3, -0.25) is 4.79 Å². The molecule has 0 aliphatic rings. The second-order valence-electron chi connectivity index (χ2n) is 5.55. The second-order valence-corrected chi connectivity index (χ2v) is 6.54. The minimum atomic E-state index is 0.0402. The van der Waals surface area contributed by atoms with Crippen LogP contribution in [0.15, 0.2) is 66.7 Å². The molecule has 1 amide bonds. The summed E-state index contributed by atoms with van der Waals surface area (Å²) in [5, 5.41) is 5.23. The average Bonchev–Trinajstić information content (AvgIpc) is 2.57. The lowest BCUT2D eigenvalue weighted by Crippen LogP contribution is -2.14. The standard InChI is InChI=1S/C20H19NOS/c1-15-9-11-16(12-10-15)13-23-14-20(22)21-19-8-4-6-17-5-2-3-7-18(17)19/h2-12H,13-14H2,1H3,(H,21,22). The van der Waals surface area contributed by atoms with E-state index in [4.69, 9.17) is 0 Å². The molecule has 2 nitrogen and oxygen atoms in total. The molecular weight excluding hydrogens is 302 g/mol. The van der Waals surface area contributed by atoms with Crippen LogP contribution in [-0.2, 0) is 10.5 Å². The van der Waals surface area contributed by atoms with Crippen molar-refractivity contribution in [2.45, 2.75) is 12.7 Å². The molecule has 0 heterocycles. The molecule has 0 unspecified atom stereocenters. The fourth-order valence-electron chi connectivity index (χ4n) is 2.47. The number of thioether (sulfide) groups is 1. The number of carbonyl (C=O) groups is 1. The predicted molar refractivity (Wildman–Crippen MR) is 99.9 cm³/mol. The quantitative estimate of drug-likeness (QED) is 0.715. The molecule has 0 spiro atoms. The van der Waals surface area contributed by atoms with E-state index in [-0.39, 0.29) is 5.91 Å². The molecule has 0 aliphatic carbocycles. The van der Waals surface area contributed by atoms with E-state index in [1.54, 1.807) is 11.8 Å². The predicted octanol–water partition coefficient (Wildman–Crippen LogP) is 5.02. The Labute approximate surface area is 140 Å². The first kappa shape index (κ1) is 15.6. The van der Waals surface area contributed by atoms with Crippen molar-refractivity contribution in [2.75, 3.05) is 11.1 Å². The van der Waals surface area contributed by atoms with E-state index >= 15 is 0 Å². The molecule has 3 rings (SSSR count). The third-order valence-electron chi connectivity index (χ3n) is 3.69. The molecule has 0 aliphatic heterocycles. The number of amides is 1. The maximum Gasteiger partial charge on any atom is 0.234 e. The van der Waals surface area contributed by atoms with E-state index in [2.05, 4.69) is 48.6 Å². The number of carbonyl (C=O) groups excluding carboxylic acids is 1. The second kappa shape index (κ2) is 7.34. The molecule has 0 saturated carbocycles. The Balaban J connectivity index is 1.57. The monoisotopic (exact) mass is 321 g/mol. The number of nitrogens with one attached hydrogen (secondary N) is 1. The molecule has 1 N–H and O–H groups in total. The van der Waals surface area contributed by atoms with Crippen molar-refractivity contribution < 1.29 is 4.79 Å². The molecule has 3 heteroatoms. The van der Waals surface area contributed by atoms with Gasteiger partial charge >= 0.3 is 0 Å². The first-order valence-electron chi connectivity index (χ1n) is 7.63. The van der Waals surface area contributed by atoms with Crippen LogP contribution in [0, 0.1) is 6.92 Å². The molecule has 3 aromatic carbocycles. The minimum Gasteiger partial charge on any atom is -0.325 e. The fourth-order valence-corrected chi connectivity index (χ4v) is 3.25. The largest absolute Gasteiger partial charge is 0.325 e. The summed E-state index contributed by atoms with van der Waals surface area (Å²) in [4.78, 5) is 12.2. The van der Waals surface area contributed by atoms with Gasteiger partial charge in [0.1, 0.15) is 0 Å². The number of benzene rings is 3. The van der Waals surface area contributed by atoms with Crippen LogP contribution in [0.25, 0.3) is 10.8 Å². The smallest absolute Gasteiger partial charge is 0.234 e. The molecule has 116 valence electrons. The highest BCUT2D eigenvalue weighted by Crippen LogP contribution is 2.23. The number of fused-ring (bicyclic) bond motifs is 1. The molecule has 0 saturated heterocycles. The molecule has 0 atom stereocenters. The summed E-state index contributed by atoms with van der Waals surface area (Å²) in [5.74, 6) is 1.35. The fraction of sp³-hybridized carbons (Fsp3) is 0.150. The summed E-state index contributed by atoms with van der Waals surface area (Å²) in [6.07, 6.45) is 0. The summed E-state index contributed by atoms with van der Waals surface area (Å²) >= 11 is 1.63. The number of rotatable bonds is 5. The highest BCUT2D eigenvalue weighted by Gasteiger charge is 2.06. The van der Waals surface area contributed by atoms with Crippen LogP contribution < -0.4 is 5.32 Å². The van der Waals surface area contributed by atoms with Gasteiger partial charge in [-0.25, -0.2) is 0 Å². The summed E-state index contributed by atoms with van der Waals surface area (Å²) in [5.41, 5.74) is 3.38. The lowest BCUT2D eigenvalue weighted by Gasteiger charge is -2.08. The molecular formula is C20H19NOS. The maximum absolute atomic E-state index is 12.2. The van der Waals surface area contributed by atoms with E-state index < -0.39 is 0 Å². The zero-order chi connectivity index (χ0) is 16.1. The van der Waals surface area contributed by atoms with Gasteiger partial charge in [0.05, 0.1) is 5.75 Å². The van der Waals surface area contributed by atoms with Crippen LogP contribution in [0.5, 0.6) is 0 Å². The van der Waals surface area contributed by atoms with Crippen molar-refractivity contribution in [2.24, 2.45) is 0 Å². The first-order valence-corrected chi connectivity index (χ1v) is 8.79. The Morgan fingerprint density at radius 3 is 2.52 bits per heavy atom. The summed E-state index contributed by atoms with van der Waals surface area (Å²) in [6, 6.07) is 22.5. The zero-order valence-corrected chi connectivity index (χ0v) is 13.9. The van der Waals surface area contributed by atoms with Crippen molar-refractivity contribution in [1.82, 2.24) is 0 Å². The summed E-state index contributed by atoms with van der Waals surface area (Å²) in [6.45, 7) is 2.08. The minimum absolute atomic E-state index is 0.0402. The van der Waals surface area contributed by atoms with Gasteiger partial charge in [-0.15, -0.1) is 11.8 Å². The van der Waals surface area contributed by atoms with Crippen LogP contribution in [0.4, 0.5) is 5.69 Å². The topological polar surface area (TPSA) is 29.1 Å². The van der Waals surface area contributed by atoms with Crippen LogP contribution in [0.3, 0.4) is 0 Å². The Bertz CT molecular complexity index is 806. The normalized spacial score (nSPS) is 10.7. The highest BCUT2D eigenvalue weighted by atomic mass is 32.2. The van der Waals surface area contributed by atoms with Crippen molar-refractivity contribution >= 4 is 34.1 Å². The van der Waals surface area contributed by atoms with Gasteiger partial charge in [0.15, 0.2) is 0 Å². The van der Waals surface area contributed by atoms with E-state index in [9.17, 15) is 4.79 Å². The Kier molecular flexibility index (Phi) is 4.99. The van der Waals surface area contributed by atoms with Gasteiger partial charge in [0, 0.05) is 16.8 Å². The highest BCUT2D eigenvalue weighted by molar-refractivity contribution is 7.99. The molecule has 0 aromatic heterocycles. The van der Waals surface area contributed by atoms with Gasteiger partial charge in [-0.2, -0.15) is 0 Å². The van der Waals surface area contributed by atoms with Gasteiger partial charge in [-0.1, -0.05) is 66.2 Å². The maximum atomic E-state index is 12.2. The Hall–Kier alpha value is -2.26.